The van der Waals surface area contributed by atoms with E-state index in [1.807, 2.05) is 6.07 Å². The average Bonchev–Trinajstić information content (AvgIpc) is 2.67. The molecule has 1 aromatic heterocycles. The van der Waals surface area contributed by atoms with E-state index in [4.69, 9.17) is 4.98 Å². The summed E-state index contributed by atoms with van der Waals surface area (Å²) < 4.78 is 1.38. The summed E-state index contributed by atoms with van der Waals surface area (Å²) in [5, 5.41) is 3.41. The molecule has 0 aliphatic carbocycles. The Hall–Kier alpha value is -0.351. The van der Waals surface area contributed by atoms with Gasteiger partial charge < -0.3 is 0 Å². The van der Waals surface area contributed by atoms with Gasteiger partial charge in [-0.15, -0.1) is 0 Å². The van der Waals surface area contributed by atoms with Crippen LogP contribution in [0.15, 0.2) is 35.7 Å². The van der Waals surface area contributed by atoms with Crippen LogP contribution in [0.2, 0.25) is 14.8 Å². The summed E-state index contributed by atoms with van der Waals surface area (Å²) in [5.41, 5.74) is 1.24. The number of benzene rings is 1. The van der Waals surface area contributed by atoms with Gasteiger partial charge in [0, 0.05) is 0 Å². The topological polar surface area (TPSA) is 12.9 Å². The van der Waals surface area contributed by atoms with E-state index in [0.29, 0.717) is 0 Å². The summed E-state index contributed by atoms with van der Waals surface area (Å²) in [6.07, 6.45) is 0. The average molecular weight is 324 g/mol. The van der Waals surface area contributed by atoms with Crippen LogP contribution in [0, 0.1) is 0 Å². The van der Waals surface area contributed by atoms with Gasteiger partial charge in [-0.25, -0.2) is 0 Å². The van der Waals surface area contributed by atoms with Crippen molar-refractivity contribution in [1.29, 1.82) is 0 Å². The fourth-order valence-corrected chi connectivity index (χ4v) is 7.42. The summed E-state index contributed by atoms with van der Waals surface area (Å²) in [6, 6.07) is 10.4. The number of rotatable bonds is 2. The molecule has 2 aromatic rings. The van der Waals surface area contributed by atoms with Crippen LogP contribution in [-0.2, 0) is 0 Å². The molecule has 3 heteroatoms. The molecule has 78 valence electrons. The molecule has 2 rings (SSSR count). The summed E-state index contributed by atoms with van der Waals surface area (Å²) in [7, 11) is 0. The monoisotopic (exact) mass is 325 g/mol. The van der Waals surface area contributed by atoms with Gasteiger partial charge in [0.05, 0.1) is 0 Å². The van der Waals surface area contributed by atoms with E-state index in [0.717, 1.165) is 5.01 Å². The van der Waals surface area contributed by atoms with Crippen molar-refractivity contribution in [3.63, 3.8) is 0 Å². The number of hydrogen-bond acceptors (Lipinski definition) is 2. The van der Waals surface area contributed by atoms with Crippen LogP contribution in [0.4, 0.5) is 0 Å². The molecule has 1 heterocycles. The van der Waals surface area contributed by atoms with Crippen molar-refractivity contribution in [3.8, 4) is 10.6 Å². The molecule has 0 spiro atoms. The van der Waals surface area contributed by atoms with Crippen LogP contribution in [0.3, 0.4) is 0 Å². The molecule has 0 atom stereocenters. The number of hydrogen-bond donors (Lipinski definition) is 0. The van der Waals surface area contributed by atoms with Crippen molar-refractivity contribution < 1.29 is 0 Å². The number of nitrogens with zero attached hydrogens (tertiary/aromatic N) is 1. The van der Waals surface area contributed by atoms with E-state index in [9.17, 15) is 0 Å². The van der Waals surface area contributed by atoms with Gasteiger partial charge in [0.15, 0.2) is 0 Å². The third kappa shape index (κ3) is 2.61. The zero-order chi connectivity index (χ0) is 10.9. The van der Waals surface area contributed by atoms with Crippen molar-refractivity contribution in [2.24, 2.45) is 0 Å². The molecule has 0 fully saturated rings. The zero-order valence-corrected chi connectivity index (χ0v) is 13.0. The third-order valence-electron chi connectivity index (χ3n) is 2.29. The molecule has 0 radical (unpaired) electrons. The molecule has 0 N–H and O–H groups in total. The second-order valence-electron chi connectivity index (χ2n) is 4.65. The van der Waals surface area contributed by atoms with E-state index in [2.05, 4.69) is 44.5 Å². The van der Waals surface area contributed by atoms with Crippen LogP contribution in [0.5, 0.6) is 0 Å². The van der Waals surface area contributed by atoms with Crippen molar-refractivity contribution >= 4 is 33.4 Å². The van der Waals surface area contributed by atoms with Crippen molar-refractivity contribution in [2.45, 2.75) is 14.8 Å². The minimum atomic E-state index is -1.96. The van der Waals surface area contributed by atoms with Crippen LogP contribution < -0.4 is 3.71 Å². The van der Waals surface area contributed by atoms with Gasteiger partial charge in [0.2, 0.25) is 0 Å². The number of aromatic nitrogens is 1. The SMILES string of the molecule is [CH3][Sn]([CH3])([CH3])[c]1csc(-c2ccccc2)n1. The Balaban J connectivity index is 2.37. The molecule has 0 aliphatic heterocycles. The molecule has 0 aliphatic rings. The Bertz CT molecular complexity index is 442. The van der Waals surface area contributed by atoms with Gasteiger partial charge in [-0.1, -0.05) is 0 Å². The van der Waals surface area contributed by atoms with E-state index in [-0.39, 0.29) is 0 Å². The van der Waals surface area contributed by atoms with Gasteiger partial charge in [0.1, 0.15) is 0 Å². The molecule has 0 saturated carbocycles. The van der Waals surface area contributed by atoms with Crippen LogP contribution in [-0.4, -0.2) is 23.4 Å². The van der Waals surface area contributed by atoms with Gasteiger partial charge >= 0.3 is 99.5 Å². The van der Waals surface area contributed by atoms with E-state index >= 15 is 0 Å². The maximum absolute atomic E-state index is 4.76. The second-order valence-corrected chi connectivity index (χ2v) is 19.8. The molecule has 0 amide bonds. The maximum atomic E-state index is 4.76. The quantitative estimate of drug-likeness (QED) is 0.772. The van der Waals surface area contributed by atoms with E-state index in [1.165, 1.54) is 9.27 Å². The van der Waals surface area contributed by atoms with Crippen LogP contribution in [0.25, 0.3) is 10.6 Å². The van der Waals surface area contributed by atoms with Crippen molar-refractivity contribution in [1.82, 2.24) is 4.98 Å². The van der Waals surface area contributed by atoms with Gasteiger partial charge in [-0.05, 0) is 0 Å². The first-order valence-electron chi connectivity index (χ1n) is 5.09. The summed E-state index contributed by atoms with van der Waals surface area (Å²) in [5.74, 6) is 0. The summed E-state index contributed by atoms with van der Waals surface area (Å²) in [4.78, 5) is 12.0. The predicted molar refractivity (Wildman–Crippen MR) is 70.5 cm³/mol. The normalized spacial score (nSPS) is 11.7. The zero-order valence-electron chi connectivity index (χ0n) is 9.32. The first kappa shape index (κ1) is 11.1. The Morgan fingerprint density at radius 1 is 1.07 bits per heavy atom. The van der Waals surface area contributed by atoms with Crippen LogP contribution >= 0.6 is 11.3 Å². The van der Waals surface area contributed by atoms with Gasteiger partial charge in [-0.3, -0.25) is 0 Å². The first-order chi connectivity index (χ1) is 7.07. The van der Waals surface area contributed by atoms with Gasteiger partial charge in [0.25, 0.3) is 0 Å². The Morgan fingerprint density at radius 2 is 1.73 bits per heavy atom. The Labute approximate surface area is 99.1 Å². The van der Waals surface area contributed by atoms with Crippen molar-refractivity contribution in [3.05, 3.63) is 35.7 Å². The predicted octanol–water partition coefficient (Wildman–Crippen LogP) is 3.36. The minimum absolute atomic E-state index is 1.16. The fraction of sp³-hybridized carbons (Fsp3) is 0.250. The summed E-state index contributed by atoms with van der Waals surface area (Å²) in [6.45, 7) is 0. The number of thiazole rings is 1. The third-order valence-corrected chi connectivity index (χ3v) is 8.90. The molecule has 1 nitrogen and oxygen atoms in total. The Morgan fingerprint density at radius 3 is 2.27 bits per heavy atom. The summed E-state index contributed by atoms with van der Waals surface area (Å²) >= 11 is -0.186. The molecule has 0 bridgehead atoms. The van der Waals surface area contributed by atoms with Gasteiger partial charge in [-0.2, -0.15) is 0 Å². The molecule has 15 heavy (non-hydrogen) atoms. The van der Waals surface area contributed by atoms with Crippen molar-refractivity contribution in [2.75, 3.05) is 0 Å². The molecule has 1 aromatic carbocycles. The second kappa shape index (κ2) is 4.26. The molecule has 0 unspecified atom stereocenters. The van der Waals surface area contributed by atoms with E-state index in [1.54, 1.807) is 11.3 Å². The standard InChI is InChI=1S/C9H6NS.3CH3.Sn/c1-2-4-8(5-3-1)9-10-6-7-11-9;;;;/h1-5,7H;3*1H3;. The molecular weight excluding hydrogens is 309 g/mol. The van der Waals surface area contributed by atoms with Crippen LogP contribution in [0.1, 0.15) is 0 Å². The molecule has 0 saturated heterocycles. The van der Waals surface area contributed by atoms with E-state index < -0.39 is 18.4 Å². The fourth-order valence-electron chi connectivity index (χ4n) is 1.33. The molecular formula is C12H15NSSn. The first-order valence-corrected chi connectivity index (χ1v) is 16.0. The Kier molecular flexibility index (Phi) is 3.16.